The van der Waals surface area contributed by atoms with Crippen molar-refractivity contribution in [3.63, 3.8) is 0 Å². The van der Waals surface area contributed by atoms with Crippen LogP contribution in [0.4, 0.5) is 0 Å². The van der Waals surface area contributed by atoms with Crippen LogP contribution in [0, 0.1) is 11.8 Å². The zero-order valence-electron chi connectivity index (χ0n) is 6.47. The molecule has 3 fully saturated rings. The minimum Gasteiger partial charge on any atom is -0.378 e. The largest absolute Gasteiger partial charge is 0.378 e. The molecule has 0 spiro atoms. The number of piperidine rings is 2. The molecule has 58 valence electrons. The molecular weight excluding hydrogens is 126 g/mol. The van der Waals surface area contributed by atoms with Crippen LogP contribution in [0.25, 0.3) is 0 Å². The van der Waals surface area contributed by atoms with Gasteiger partial charge in [0.05, 0.1) is 6.10 Å². The fraction of sp³-hybridized carbons (Fsp3) is 1.00. The van der Waals surface area contributed by atoms with Crippen molar-refractivity contribution in [1.82, 2.24) is 5.32 Å². The minimum absolute atomic E-state index is 0.603. The van der Waals surface area contributed by atoms with E-state index in [2.05, 4.69) is 12.2 Å². The summed E-state index contributed by atoms with van der Waals surface area (Å²) in [6.07, 6.45) is 2.00. The van der Waals surface area contributed by atoms with Crippen LogP contribution < -0.4 is 5.32 Å². The van der Waals surface area contributed by atoms with Gasteiger partial charge in [0.15, 0.2) is 0 Å². The van der Waals surface area contributed by atoms with Crippen molar-refractivity contribution in [2.75, 3.05) is 19.7 Å². The quantitative estimate of drug-likeness (QED) is 0.609. The summed E-state index contributed by atoms with van der Waals surface area (Å²) in [6, 6.07) is 0. The monoisotopic (exact) mass is 141 g/mol. The molecule has 0 radical (unpaired) electrons. The second-order valence-corrected chi connectivity index (χ2v) is 3.33. The van der Waals surface area contributed by atoms with Gasteiger partial charge in [-0.25, -0.2) is 0 Å². The highest BCUT2D eigenvalue weighted by atomic mass is 16.5. The van der Waals surface area contributed by atoms with Crippen molar-refractivity contribution in [2.24, 2.45) is 11.8 Å². The van der Waals surface area contributed by atoms with Gasteiger partial charge in [-0.05, 0) is 25.2 Å². The third-order valence-electron chi connectivity index (χ3n) is 2.71. The molecule has 1 saturated carbocycles. The first kappa shape index (κ1) is 6.62. The lowest BCUT2D eigenvalue weighted by atomic mass is 9.69. The Bertz CT molecular complexity index is 112. The molecule has 0 unspecified atom stereocenters. The number of ether oxygens (including phenoxy) is 1. The first-order chi connectivity index (χ1) is 4.92. The number of fused-ring (bicyclic) bond motifs is 2. The number of rotatable bonds is 2. The summed E-state index contributed by atoms with van der Waals surface area (Å²) in [5.41, 5.74) is 0. The SMILES string of the molecule is CCOC1[C@H]2CNC[C@H]1C2. The molecule has 1 N–H and O–H groups in total. The van der Waals surface area contributed by atoms with E-state index in [1.165, 1.54) is 19.5 Å². The van der Waals surface area contributed by atoms with Crippen LogP contribution in [-0.4, -0.2) is 25.8 Å². The lowest BCUT2D eigenvalue weighted by Crippen LogP contribution is -2.57. The van der Waals surface area contributed by atoms with E-state index >= 15 is 0 Å². The Hall–Kier alpha value is -0.0800. The van der Waals surface area contributed by atoms with Gasteiger partial charge in [0.25, 0.3) is 0 Å². The predicted octanol–water partition coefficient (Wildman–Crippen LogP) is 0.631. The first-order valence-corrected chi connectivity index (χ1v) is 4.24. The fourth-order valence-electron chi connectivity index (χ4n) is 2.16. The van der Waals surface area contributed by atoms with Gasteiger partial charge in [-0.2, -0.15) is 0 Å². The van der Waals surface area contributed by atoms with Crippen molar-refractivity contribution in [3.05, 3.63) is 0 Å². The standard InChI is InChI=1S/C8H15NO/c1-2-10-8-6-3-7(8)5-9-4-6/h6-9H,2-5H2,1H3/t6-,7-/m1/s1. The Morgan fingerprint density at radius 3 is 2.60 bits per heavy atom. The summed E-state index contributed by atoms with van der Waals surface area (Å²) < 4.78 is 5.60. The second-order valence-electron chi connectivity index (χ2n) is 3.33. The van der Waals surface area contributed by atoms with Gasteiger partial charge in [-0.15, -0.1) is 0 Å². The van der Waals surface area contributed by atoms with Crippen molar-refractivity contribution >= 4 is 0 Å². The molecule has 0 amide bonds. The molecule has 10 heavy (non-hydrogen) atoms. The van der Waals surface area contributed by atoms with Crippen molar-refractivity contribution in [3.8, 4) is 0 Å². The third kappa shape index (κ3) is 0.867. The zero-order valence-corrected chi connectivity index (χ0v) is 6.47. The highest BCUT2D eigenvalue weighted by Gasteiger charge is 2.44. The molecule has 3 rings (SSSR count). The van der Waals surface area contributed by atoms with Gasteiger partial charge in [-0.1, -0.05) is 0 Å². The number of hydrogen-bond donors (Lipinski definition) is 1. The van der Waals surface area contributed by atoms with Gasteiger partial charge in [0.2, 0.25) is 0 Å². The van der Waals surface area contributed by atoms with E-state index in [1.54, 1.807) is 0 Å². The van der Waals surface area contributed by atoms with Crippen LogP contribution in [0.5, 0.6) is 0 Å². The van der Waals surface area contributed by atoms with Gasteiger partial charge in [-0.3, -0.25) is 0 Å². The Kier molecular flexibility index (Phi) is 1.66. The maximum Gasteiger partial charge on any atom is 0.0655 e. The normalized spacial score (nSPS) is 44.7. The van der Waals surface area contributed by atoms with Crippen LogP contribution in [0.1, 0.15) is 13.3 Å². The van der Waals surface area contributed by atoms with Gasteiger partial charge >= 0.3 is 0 Å². The van der Waals surface area contributed by atoms with E-state index in [4.69, 9.17) is 4.74 Å². The van der Waals surface area contributed by atoms with Gasteiger partial charge in [0, 0.05) is 19.7 Å². The Morgan fingerprint density at radius 2 is 2.10 bits per heavy atom. The van der Waals surface area contributed by atoms with E-state index in [0.717, 1.165) is 18.4 Å². The molecular formula is C8H15NO. The summed E-state index contributed by atoms with van der Waals surface area (Å²) in [7, 11) is 0. The zero-order chi connectivity index (χ0) is 6.97. The molecule has 0 aromatic rings. The Balaban J connectivity index is 1.87. The summed E-state index contributed by atoms with van der Waals surface area (Å²) in [5, 5.41) is 3.39. The molecule has 2 atom stereocenters. The lowest BCUT2D eigenvalue weighted by Gasteiger charge is -2.49. The van der Waals surface area contributed by atoms with E-state index in [0.29, 0.717) is 6.10 Å². The molecule has 2 nitrogen and oxygen atoms in total. The van der Waals surface area contributed by atoms with Crippen LogP contribution in [-0.2, 0) is 4.74 Å². The number of nitrogens with one attached hydrogen (secondary N) is 1. The third-order valence-corrected chi connectivity index (χ3v) is 2.71. The summed E-state index contributed by atoms with van der Waals surface area (Å²) >= 11 is 0. The van der Waals surface area contributed by atoms with Crippen LogP contribution >= 0.6 is 0 Å². The number of hydrogen-bond acceptors (Lipinski definition) is 2. The Labute approximate surface area is 61.9 Å². The van der Waals surface area contributed by atoms with Crippen LogP contribution in [0.2, 0.25) is 0 Å². The summed E-state index contributed by atoms with van der Waals surface area (Å²) in [5.74, 6) is 1.66. The minimum atomic E-state index is 0.603. The summed E-state index contributed by atoms with van der Waals surface area (Å²) in [6.45, 7) is 5.33. The van der Waals surface area contributed by atoms with E-state index in [-0.39, 0.29) is 0 Å². The first-order valence-electron chi connectivity index (χ1n) is 4.24. The van der Waals surface area contributed by atoms with Crippen LogP contribution in [0.15, 0.2) is 0 Å². The summed E-state index contributed by atoms with van der Waals surface area (Å²) in [4.78, 5) is 0. The second kappa shape index (κ2) is 2.51. The Morgan fingerprint density at radius 1 is 1.40 bits per heavy atom. The van der Waals surface area contributed by atoms with E-state index in [9.17, 15) is 0 Å². The average Bonchev–Trinajstić information content (AvgIpc) is 2.01. The molecule has 2 bridgehead atoms. The topological polar surface area (TPSA) is 21.3 Å². The van der Waals surface area contributed by atoms with Gasteiger partial charge < -0.3 is 10.1 Å². The molecule has 0 aromatic heterocycles. The van der Waals surface area contributed by atoms with Crippen molar-refractivity contribution in [2.45, 2.75) is 19.4 Å². The lowest BCUT2D eigenvalue weighted by molar-refractivity contribution is -0.107. The molecule has 2 heterocycles. The van der Waals surface area contributed by atoms with Crippen molar-refractivity contribution < 1.29 is 4.74 Å². The van der Waals surface area contributed by atoms with Gasteiger partial charge in [0.1, 0.15) is 0 Å². The molecule has 2 aliphatic heterocycles. The smallest absolute Gasteiger partial charge is 0.0655 e. The fourth-order valence-corrected chi connectivity index (χ4v) is 2.16. The van der Waals surface area contributed by atoms with E-state index < -0.39 is 0 Å². The van der Waals surface area contributed by atoms with Crippen LogP contribution in [0.3, 0.4) is 0 Å². The molecule has 2 heteroatoms. The maximum absolute atomic E-state index is 5.60. The average molecular weight is 141 g/mol. The molecule has 3 aliphatic rings. The highest BCUT2D eigenvalue weighted by molar-refractivity contribution is 4.96. The van der Waals surface area contributed by atoms with Crippen molar-refractivity contribution in [1.29, 1.82) is 0 Å². The predicted molar refractivity (Wildman–Crippen MR) is 39.9 cm³/mol. The molecule has 2 saturated heterocycles. The molecule has 1 aliphatic carbocycles. The van der Waals surface area contributed by atoms with E-state index in [1.807, 2.05) is 0 Å². The highest BCUT2D eigenvalue weighted by Crippen LogP contribution is 2.38. The molecule has 0 aromatic carbocycles. The maximum atomic E-state index is 5.60.